The Labute approximate surface area is 177 Å². The smallest absolute Gasteiger partial charge is 0.341 e. The molecule has 1 aliphatic heterocycles. The summed E-state index contributed by atoms with van der Waals surface area (Å²) in [5.74, 6) is -1.01. The Morgan fingerprint density at radius 1 is 1.31 bits per heavy atom. The summed E-state index contributed by atoms with van der Waals surface area (Å²) < 4.78 is 5.26. The highest BCUT2D eigenvalue weighted by Gasteiger charge is 2.43. The maximum absolute atomic E-state index is 13.2. The van der Waals surface area contributed by atoms with Crippen molar-refractivity contribution in [2.75, 3.05) is 17.2 Å². The zero-order valence-corrected chi connectivity index (χ0v) is 17.7. The van der Waals surface area contributed by atoms with Crippen LogP contribution in [-0.4, -0.2) is 29.6 Å². The number of esters is 1. The fraction of sp³-hybridized carbons (Fsp3) is 0.381. The molecule has 1 aliphatic carbocycles. The number of hydrogen-bond acceptors (Lipinski definition) is 7. The molecule has 4 rings (SSSR count). The Balaban J connectivity index is 1.67. The number of aryl methyl sites for hydroxylation is 1. The third-order valence-electron chi connectivity index (χ3n) is 5.08. The van der Waals surface area contributed by atoms with Crippen molar-refractivity contribution in [3.8, 4) is 0 Å². The predicted octanol–water partition coefficient (Wildman–Crippen LogP) is 3.81. The summed E-state index contributed by atoms with van der Waals surface area (Å²) in [7, 11) is 0. The number of carbonyl (C=O) groups is 3. The molecule has 2 N–H and O–H groups in total. The number of rotatable bonds is 5. The first-order valence-electron chi connectivity index (χ1n) is 9.70. The number of nitrogens with two attached hydrogens (primary N) is 1. The molecule has 29 heavy (non-hydrogen) atoms. The number of ether oxygens (including phenoxy) is 1. The van der Waals surface area contributed by atoms with Crippen LogP contribution in [0.1, 0.15) is 47.0 Å². The lowest BCUT2D eigenvalue weighted by atomic mass is 9.95. The second-order valence-electron chi connectivity index (χ2n) is 7.06. The lowest BCUT2D eigenvalue weighted by Crippen LogP contribution is -2.32. The molecule has 152 valence electrons. The van der Waals surface area contributed by atoms with Gasteiger partial charge in [-0.1, -0.05) is 6.07 Å². The third-order valence-corrected chi connectivity index (χ3v) is 7.53. The van der Waals surface area contributed by atoms with Gasteiger partial charge in [-0.3, -0.25) is 9.59 Å². The molecule has 2 aliphatic rings. The molecule has 0 saturated carbocycles. The van der Waals surface area contributed by atoms with Gasteiger partial charge in [0, 0.05) is 21.9 Å². The van der Waals surface area contributed by atoms with Crippen LogP contribution in [0, 0.1) is 0 Å². The van der Waals surface area contributed by atoms with Gasteiger partial charge in [0.15, 0.2) is 0 Å². The van der Waals surface area contributed by atoms with Gasteiger partial charge < -0.3 is 10.5 Å². The second kappa shape index (κ2) is 8.20. The van der Waals surface area contributed by atoms with Crippen molar-refractivity contribution in [1.29, 1.82) is 0 Å². The standard InChI is InChI=1S/C21H22N2O4S2/c1-2-27-21(26)18-14-8-3-4-9-15(14)29-20(18)23-17(24)11-16(19(23)25)28-13-7-5-6-12(22)10-13/h5-7,10,16H,2-4,8-9,11,22H2,1H3/t16-/m1/s1. The van der Waals surface area contributed by atoms with Crippen LogP contribution in [0.15, 0.2) is 29.2 Å². The first-order chi connectivity index (χ1) is 14.0. The van der Waals surface area contributed by atoms with Gasteiger partial charge in [0.1, 0.15) is 5.00 Å². The number of imide groups is 1. The zero-order chi connectivity index (χ0) is 20.5. The van der Waals surface area contributed by atoms with E-state index in [9.17, 15) is 14.4 Å². The molecular weight excluding hydrogens is 408 g/mol. The van der Waals surface area contributed by atoms with Gasteiger partial charge in [-0.2, -0.15) is 0 Å². The highest BCUT2D eigenvalue weighted by molar-refractivity contribution is 8.00. The fourth-order valence-corrected chi connectivity index (χ4v) is 6.31. The maximum Gasteiger partial charge on any atom is 0.341 e. The molecule has 1 fully saturated rings. The van der Waals surface area contributed by atoms with Crippen LogP contribution < -0.4 is 10.6 Å². The Morgan fingerprint density at radius 3 is 2.86 bits per heavy atom. The molecule has 0 radical (unpaired) electrons. The Hall–Kier alpha value is -2.32. The van der Waals surface area contributed by atoms with Crippen molar-refractivity contribution < 1.29 is 19.1 Å². The number of thioether (sulfide) groups is 1. The van der Waals surface area contributed by atoms with Gasteiger partial charge in [-0.15, -0.1) is 23.1 Å². The number of carbonyl (C=O) groups excluding carboxylic acids is 3. The van der Waals surface area contributed by atoms with Crippen LogP contribution >= 0.6 is 23.1 Å². The van der Waals surface area contributed by atoms with E-state index in [1.165, 1.54) is 28.0 Å². The lowest BCUT2D eigenvalue weighted by molar-refractivity contribution is -0.121. The SMILES string of the molecule is CCOC(=O)c1c(N2C(=O)C[C@@H](Sc3cccc(N)c3)C2=O)sc2c1CCCC2. The minimum absolute atomic E-state index is 0.100. The topological polar surface area (TPSA) is 89.7 Å². The minimum atomic E-state index is -0.529. The Kier molecular flexibility index (Phi) is 5.65. The number of nitrogen functional groups attached to an aromatic ring is 1. The summed E-state index contributed by atoms with van der Waals surface area (Å²) in [6.45, 7) is 2.00. The number of thiophene rings is 1. The van der Waals surface area contributed by atoms with E-state index >= 15 is 0 Å². The van der Waals surface area contributed by atoms with Crippen LogP contribution in [0.5, 0.6) is 0 Å². The molecule has 2 aromatic rings. The Bertz CT molecular complexity index is 985. The molecule has 1 atom stereocenters. The summed E-state index contributed by atoms with van der Waals surface area (Å²) in [6, 6.07) is 7.26. The largest absolute Gasteiger partial charge is 0.462 e. The maximum atomic E-state index is 13.2. The van der Waals surface area contributed by atoms with E-state index in [0.717, 1.165) is 41.0 Å². The molecular formula is C21H22N2O4S2. The first-order valence-corrected chi connectivity index (χ1v) is 11.4. The van der Waals surface area contributed by atoms with Gasteiger partial charge in [-0.05, 0) is 56.4 Å². The lowest BCUT2D eigenvalue weighted by Gasteiger charge is -2.16. The van der Waals surface area contributed by atoms with Crippen molar-refractivity contribution in [2.24, 2.45) is 0 Å². The van der Waals surface area contributed by atoms with Crippen LogP contribution in [0.25, 0.3) is 0 Å². The van der Waals surface area contributed by atoms with Crippen molar-refractivity contribution in [2.45, 2.75) is 49.2 Å². The Morgan fingerprint density at radius 2 is 2.10 bits per heavy atom. The summed E-state index contributed by atoms with van der Waals surface area (Å²) >= 11 is 2.72. The molecule has 0 bridgehead atoms. The summed E-state index contributed by atoms with van der Waals surface area (Å²) in [6.07, 6.45) is 3.78. The van der Waals surface area contributed by atoms with Gasteiger partial charge in [0.2, 0.25) is 11.8 Å². The normalized spacial score (nSPS) is 18.8. The average Bonchev–Trinajstić information content (AvgIpc) is 3.19. The third kappa shape index (κ3) is 3.79. The minimum Gasteiger partial charge on any atom is -0.462 e. The molecule has 0 unspecified atom stereocenters. The first kappa shape index (κ1) is 20.0. The number of amides is 2. The van der Waals surface area contributed by atoms with E-state index in [1.807, 2.05) is 12.1 Å². The predicted molar refractivity (Wildman–Crippen MR) is 115 cm³/mol. The molecule has 2 amide bonds. The van der Waals surface area contributed by atoms with Crippen molar-refractivity contribution in [3.05, 3.63) is 40.3 Å². The van der Waals surface area contributed by atoms with E-state index in [2.05, 4.69) is 0 Å². The van der Waals surface area contributed by atoms with Crippen molar-refractivity contribution >= 4 is 51.6 Å². The van der Waals surface area contributed by atoms with Gasteiger partial charge in [0.25, 0.3) is 0 Å². The van der Waals surface area contributed by atoms with Crippen molar-refractivity contribution in [1.82, 2.24) is 0 Å². The quantitative estimate of drug-likeness (QED) is 0.441. The fourth-order valence-electron chi connectivity index (χ4n) is 3.78. The van der Waals surface area contributed by atoms with E-state index in [1.54, 1.807) is 19.1 Å². The molecule has 8 heteroatoms. The number of hydrogen-bond donors (Lipinski definition) is 1. The molecule has 0 spiro atoms. The van der Waals surface area contributed by atoms with Gasteiger partial charge in [0.05, 0.1) is 17.4 Å². The van der Waals surface area contributed by atoms with Crippen LogP contribution in [0.2, 0.25) is 0 Å². The summed E-state index contributed by atoms with van der Waals surface area (Å²) in [5.41, 5.74) is 7.79. The van der Waals surface area contributed by atoms with E-state index < -0.39 is 11.2 Å². The zero-order valence-electron chi connectivity index (χ0n) is 16.1. The van der Waals surface area contributed by atoms with Crippen molar-refractivity contribution in [3.63, 3.8) is 0 Å². The summed E-state index contributed by atoms with van der Waals surface area (Å²) in [5, 5.41) is -0.0977. The second-order valence-corrected chi connectivity index (χ2v) is 9.42. The molecule has 1 aromatic heterocycles. The number of nitrogens with zero attached hydrogens (tertiary/aromatic N) is 1. The molecule has 6 nitrogen and oxygen atoms in total. The van der Waals surface area contributed by atoms with Crippen LogP contribution in [0.4, 0.5) is 10.7 Å². The number of anilines is 2. The average molecular weight is 431 g/mol. The highest BCUT2D eigenvalue weighted by Crippen LogP contribution is 2.44. The number of benzene rings is 1. The highest BCUT2D eigenvalue weighted by atomic mass is 32.2. The monoisotopic (exact) mass is 430 g/mol. The van der Waals surface area contributed by atoms with E-state index in [4.69, 9.17) is 10.5 Å². The number of fused-ring (bicyclic) bond motifs is 1. The van der Waals surface area contributed by atoms with E-state index in [0.29, 0.717) is 16.3 Å². The molecule has 2 heterocycles. The van der Waals surface area contributed by atoms with Crippen LogP contribution in [-0.2, 0) is 27.2 Å². The van der Waals surface area contributed by atoms with Crippen LogP contribution in [0.3, 0.4) is 0 Å². The summed E-state index contributed by atoms with van der Waals surface area (Å²) in [4.78, 5) is 41.8. The van der Waals surface area contributed by atoms with Gasteiger partial charge >= 0.3 is 5.97 Å². The van der Waals surface area contributed by atoms with Gasteiger partial charge in [-0.25, -0.2) is 9.69 Å². The van der Waals surface area contributed by atoms with E-state index in [-0.39, 0.29) is 24.8 Å². The molecule has 1 aromatic carbocycles. The molecule has 1 saturated heterocycles.